The molecule has 1 aliphatic carbocycles. The van der Waals surface area contributed by atoms with Gasteiger partial charge in [0.1, 0.15) is 0 Å². The van der Waals surface area contributed by atoms with Gasteiger partial charge >= 0.3 is 0 Å². The summed E-state index contributed by atoms with van der Waals surface area (Å²) < 4.78 is 0. The number of nitrogens with two attached hydrogens (primary N) is 1. The van der Waals surface area contributed by atoms with Crippen LogP contribution in [0.3, 0.4) is 0 Å². The number of likely N-dealkylation sites (N-methyl/N-ethyl adjacent to an activating group) is 1. The minimum Gasteiger partial charge on any atom is -0.341 e. The van der Waals surface area contributed by atoms with Gasteiger partial charge in [-0.15, -0.1) is 0 Å². The van der Waals surface area contributed by atoms with Crippen LogP contribution in [0, 0.1) is 5.92 Å². The second-order valence-corrected chi connectivity index (χ2v) is 6.50. The third-order valence-corrected chi connectivity index (χ3v) is 5.13. The molecule has 1 saturated heterocycles. The predicted molar refractivity (Wildman–Crippen MR) is 82.5 cm³/mol. The van der Waals surface area contributed by atoms with Gasteiger partial charge in [-0.05, 0) is 44.7 Å². The first-order chi connectivity index (χ1) is 9.63. The van der Waals surface area contributed by atoms with Crippen molar-refractivity contribution >= 4 is 5.91 Å². The van der Waals surface area contributed by atoms with Crippen LogP contribution in [0.1, 0.15) is 52.4 Å². The number of hydrogen-bond donors (Lipinski definition) is 1. The summed E-state index contributed by atoms with van der Waals surface area (Å²) in [7, 11) is 0. The van der Waals surface area contributed by atoms with Gasteiger partial charge in [-0.1, -0.05) is 20.3 Å². The van der Waals surface area contributed by atoms with E-state index in [1.807, 2.05) is 0 Å². The van der Waals surface area contributed by atoms with Crippen molar-refractivity contribution in [1.82, 2.24) is 9.80 Å². The fraction of sp³-hybridized carbons (Fsp3) is 0.938. The number of likely N-dealkylation sites (tertiary alicyclic amines) is 1. The molecule has 3 atom stereocenters. The van der Waals surface area contributed by atoms with E-state index in [1.54, 1.807) is 0 Å². The first-order valence-corrected chi connectivity index (χ1v) is 8.41. The molecule has 2 aliphatic rings. The molecule has 3 unspecified atom stereocenters. The molecule has 116 valence electrons. The maximum absolute atomic E-state index is 12.4. The van der Waals surface area contributed by atoms with Crippen LogP contribution in [-0.4, -0.2) is 54.0 Å². The summed E-state index contributed by atoms with van der Waals surface area (Å²) in [5, 5.41) is 0. The minimum absolute atomic E-state index is 0.323. The van der Waals surface area contributed by atoms with Crippen LogP contribution in [0.25, 0.3) is 0 Å². The van der Waals surface area contributed by atoms with Gasteiger partial charge in [0.05, 0.1) is 0 Å². The average Bonchev–Trinajstić information content (AvgIpc) is 2.90. The third kappa shape index (κ3) is 3.95. The van der Waals surface area contributed by atoms with E-state index in [9.17, 15) is 4.79 Å². The molecule has 20 heavy (non-hydrogen) atoms. The van der Waals surface area contributed by atoms with Crippen LogP contribution < -0.4 is 5.73 Å². The van der Waals surface area contributed by atoms with Crippen molar-refractivity contribution in [3.05, 3.63) is 0 Å². The maximum atomic E-state index is 12.4. The molecule has 0 aromatic carbocycles. The zero-order chi connectivity index (χ0) is 14.5. The molecule has 0 aromatic heterocycles. The quantitative estimate of drug-likeness (QED) is 0.836. The SMILES string of the molecule is CCN(CC)C1CCN(C(=O)CC2CCCC(N)C2)C1. The van der Waals surface area contributed by atoms with Gasteiger partial charge < -0.3 is 10.6 Å². The molecule has 0 spiro atoms. The van der Waals surface area contributed by atoms with E-state index in [-0.39, 0.29) is 0 Å². The second-order valence-electron chi connectivity index (χ2n) is 6.50. The number of nitrogens with zero attached hydrogens (tertiary/aromatic N) is 2. The van der Waals surface area contributed by atoms with E-state index in [4.69, 9.17) is 5.73 Å². The fourth-order valence-electron chi connectivity index (χ4n) is 3.90. The Morgan fingerprint density at radius 2 is 2.00 bits per heavy atom. The first kappa shape index (κ1) is 15.8. The normalized spacial score (nSPS) is 31.0. The summed E-state index contributed by atoms with van der Waals surface area (Å²) in [4.78, 5) is 17.0. The van der Waals surface area contributed by atoms with E-state index in [0.717, 1.165) is 51.9 Å². The Balaban J connectivity index is 1.79. The molecule has 1 saturated carbocycles. The van der Waals surface area contributed by atoms with Crippen LogP contribution in [0.2, 0.25) is 0 Å². The topological polar surface area (TPSA) is 49.6 Å². The molecule has 1 amide bonds. The van der Waals surface area contributed by atoms with Gasteiger partial charge in [-0.3, -0.25) is 9.69 Å². The molecule has 4 nitrogen and oxygen atoms in total. The fourth-order valence-corrected chi connectivity index (χ4v) is 3.90. The Morgan fingerprint density at radius 1 is 1.25 bits per heavy atom. The van der Waals surface area contributed by atoms with Crippen LogP contribution in [0.5, 0.6) is 0 Å². The highest BCUT2D eigenvalue weighted by molar-refractivity contribution is 5.76. The maximum Gasteiger partial charge on any atom is 0.222 e. The summed E-state index contributed by atoms with van der Waals surface area (Å²) in [6.45, 7) is 8.45. The molecule has 4 heteroatoms. The summed E-state index contributed by atoms with van der Waals surface area (Å²) >= 11 is 0. The summed E-state index contributed by atoms with van der Waals surface area (Å²) in [6.07, 6.45) is 6.42. The molecule has 2 rings (SSSR count). The van der Waals surface area contributed by atoms with E-state index in [1.165, 1.54) is 12.8 Å². The Labute approximate surface area is 123 Å². The van der Waals surface area contributed by atoms with E-state index in [2.05, 4.69) is 23.6 Å². The molecule has 2 N–H and O–H groups in total. The predicted octanol–water partition coefficient (Wildman–Crippen LogP) is 1.84. The Bertz CT molecular complexity index is 317. The molecular formula is C16H31N3O. The lowest BCUT2D eigenvalue weighted by Crippen LogP contribution is -2.39. The molecule has 2 fully saturated rings. The standard InChI is InChI=1S/C16H31N3O/c1-3-18(4-2)15-8-9-19(12-15)16(20)11-13-6-5-7-14(17)10-13/h13-15H,3-12,17H2,1-2H3. The third-order valence-electron chi connectivity index (χ3n) is 5.13. The lowest BCUT2D eigenvalue weighted by Gasteiger charge is -2.29. The zero-order valence-corrected chi connectivity index (χ0v) is 13.2. The van der Waals surface area contributed by atoms with E-state index < -0.39 is 0 Å². The number of carbonyl (C=O) groups is 1. The molecule has 0 bridgehead atoms. The Morgan fingerprint density at radius 3 is 2.65 bits per heavy atom. The second kappa shape index (κ2) is 7.41. The molecule has 1 heterocycles. The van der Waals surface area contributed by atoms with Crippen LogP contribution >= 0.6 is 0 Å². The van der Waals surface area contributed by atoms with E-state index in [0.29, 0.717) is 23.9 Å². The highest BCUT2D eigenvalue weighted by atomic mass is 16.2. The molecule has 0 radical (unpaired) electrons. The largest absolute Gasteiger partial charge is 0.341 e. The number of amides is 1. The van der Waals surface area contributed by atoms with Crippen molar-refractivity contribution in [3.63, 3.8) is 0 Å². The monoisotopic (exact) mass is 281 g/mol. The zero-order valence-electron chi connectivity index (χ0n) is 13.2. The minimum atomic E-state index is 0.323. The number of hydrogen-bond acceptors (Lipinski definition) is 3. The lowest BCUT2D eigenvalue weighted by atomic mass is 9.84. The highest BCUT2D eigenvalue weighted by Crippen LogP contribution is 2.27. The van der Waals surface area contributed by atoms with Gasteiger partial charge in [0.2, 0.25) is 5.91 Å². The molecule has 1 aliphatic heterocycles. The number of rotatable bonds is 5. The van der Waals surface area contributed by atoms with Crippen LogP contribution in [0.15, 0.2) is 0 Å². The van der Waals surface area contributed by atoms with Crippen molar-refractivity contribution in [1.29, 1.82) is 0 Å². The highest BCUT2D eigenvalue weighted by Gasteiger charge is 2.31. The molecule has 0 aromatic rings. The van der Waals surface area contributed by atoms with Gasteiger partial charge in [-0.25, -0.2) is 0 Å². The lowest BCUT2D eigenvalue weighted by molar-refractivity contribution is -0.131. The summed E-state index contributed by atoms with van der Waals surface area (Å²) in [6, 6.07) is 0.895. The molecular weight excluding hydrogens is 250 g/mol. The smallest absolute Gasteiger partial charge is 0.222 e. The first-order valence-electron chi connectivity index (χ1n) is 8.41. The van der Waals surface area contributed by atoms with Crippen molar-refractivity contribution < 1.29 is 4.79 Å². The summed E-state index contributed by atoms with van der Waals surface area (Å²) in [5.41, 5.74) is 6.02. The van der Waals surface area contributed by atoms with E-state index >= 15 is 0 Å². The van der Waals surface area contributed by atoms with Crippen molar-refractivity contribution in [3.8, 4) is 0 Å². The van der Waals surface area contributed by atoms with Gasteiger partial charge in [0.25, 0.3) is 0 Å². The van der Waals surface area contributed by atoms with Crippen molar-refractivity contribution in [2.24, 2.45) is 11.7 Å². The van der Waals surface area contributed by atoms with Crippen LogP contribution in [-0.2, 0) is 4.79 Å². The average molecular weight is 281 g/mol. The Hall–Kier alpha value is -0.610. The summed E-state index contributed by atoms with van der Waals surface area (Å²) in [5.74, 6) is 0.887. The Kier molecular flexibility index (Phi) is 5.85. The van der Waals surface area contributed by atoms with Crippen molar-refractivity contribution in [2.75, 3.05) is 26.2 Å². The van der Waals surface area contributed by atoms with Crippen molar-refractivity contribution in [2.45, 2.75) is 64.5 Å². The van der Waals surface area contributed by atoms with Crippen LogP contribution in [0.4, 0.5) is 0 Å². The van der Waals surface area contributed by atoms with Gasteiger partial charge in [-0.2, -0.15) is 0 Å². The van der Waals surface area contributed by atoms with Gasteiger partial charge in [0, 0.05) is 31.6 Å². The van der Waals surface area contributed by atoms with Gasteiger partial charge in [0.15, 0.2) is 0 Å². The number of carbonyl (C=O) groups excluding carboxylic acids is 1.